The van der Waals surface area contributed by atoms with Gasteiger partial charge in [-0.2, -0.15) is 0 Å². The number of guanidine groups is 1. The number of aryl methyl sites for hydroxylation is 1. The Morgan fingerprint density at radius 1 is 1.10 bits per heavy atom. The van der Waals surface area contributed by atoms with E-state index in [0.29, 0.717) is 18.9 Å². The lowest BCUT2D eigenvalue weighted by Crippen LogP contribution is -2.62. The molecule has 8 heteroatoms. The zero-order valence-corrected chi connectivity index (χ0v) is 25.1. The van der Waals surface area contributed by atoms with E-state index in [1.807, 2.05) is 12.1 Å². The maximum Gasteiger partial charge on any atom is 0.240 e. The van der Waals surface area contributed by atoms with Gasteiger partial charge in [-0.3, -0.25) is 14.7 Å². The molecular formula is C34H45N7O. The van der Waals surface area contributed by atoms with E-state index in [2.05, 4.69) is 93.5 Å². The van der Waals surface area contributed by atoms with Gasteiger partial charge in [-0.05, 0) is 67.5 Å². The number of H-pyrrole nitrogens is 1. The van der Waals surface area contributed by atoms with Crippen molar-refractivity contribution in [3.8, 4) is 0 Å². The lowest BCUT2D eigenvalue weighted by atomic mass is 9.97. The number of nitrogens with two attached hydrogens (primary N) is 2. The number of amides is 1. The Labute approximate surface area is 249 Å². The summed E-state index contributed by atoms with van der Waals surface area (Å²) >= 11 is 0. The van der Waals surface area contributed by atoms with E-state index in [-0.39, 0.29) is 18.0 Å². The van der Waals surface area contributed by atoms with Crippen LogP contribution in [0.15, 0.2) is 71.7 Å². The largest absolute Gasteiger partial charge is 0.370 e. The summed E-state index contributed by atoms with van der Waals surface area (Å²) in [4.78, 5) is 26.0. The molecule has 42 heavy (non-hydrogen) atoms. The molecule has 1 saturated heterocycles. The molecule has 0 aliphatic carbocycles. The Kier molecular flexibility index (Phi) is 9.45. The minimum absolute atomic E-state index is 0.0368. The van der Waals surface area contributed by atoms with Gasteiger partial charge in [-0.1, -0.05) is 60.7 Å². The molecule has 8 nitrogen and oxygen atoms in total. The number of rotatable bonds is 10. The van der Waals surface area contributed by atoms with Gasteiger partial charge in [0.05, 0.1) is 6.04 Å². The molecule has 0 radical (unpaired) electrons. The van der Waals surface area contributed by atoms with Crippen LogP contribution in [0.5, 0.6) is 0 Å². The summed E-state index contributed by atoms with van der Waals surface area (Å²) < 4.78 is 0. The first-order valence-corrected chi connectivity index (χ1v) is 15.1. The van der Waals surface area contributed by atoms with Crippen LogP contribution in [0.3, 0.4) is 0 Å². The van der Waals surface area contributed by atoms with Gasteiger partial charge in [0.25, 0.3) is 0 Å². The van der Waals surface area contributed by atoms with Crippen LogP contribution in [0.4, 0.5) is 0 Å². The quantitative estimate of drug-likeness (QED) is 0.132. The standard InChI is InChI=1S/C34H45N7O/c1-23-21-41(33(42)31(35)20-25-14-15-26-9-4-5-10-27(26)19-25)28(11-8-17-38-34(36)37-3)22-40(23)18-16-29-24(2)39-32-13-7-6-12-30(29)32/h4-7,9-10,12-15,19,23,28,31,39H,8,11,16-18,20-22,35H2,1-3H3,(H3,36,37,38)/t23-,28+,31-/m1/s1. The molecular weight excluding hydrogens is 522 g/mol. The number of aliphatic imine (C=N–C) groups is 1. The Morgan fingerprint density at radius 3 is 2.67 bits per heavy atom. The summed E-state index contributed by atoms with van der Waals surface area (Å²) in [6.07, 6.45) is 3.24. The highest BCUT2D eigenvalue weighted by Crippen LogP contribution is 2.25. The number of benzene rings is 3. The van der Waals surface area contributed by atoms with Crippen molar-refractivity contribution in [3.63, 3.8) is 0 Å². The maximum absolute atomic E-state index is 13.9. The number of hydrogen-bond donors (Lipinski definition) is 4. The molecule has 1 fully saturated rings. The molecule has 1 aliphatic heterocycles. The smallest absolute Gasteiger partial charge is 0.240 e. The Balaban J connectivity index is 1.28. The number of carbonyl (C=O) groups excluding carboxylic acids is 1. The third-order valence-electron chi connectivity index (χ3n) is 8.78. The second-order valence-corrected chi connectivity index (χ2v) is 11.7. The molecule has 5 rings (SSSR count). The van der Waals surface area contributed by atoms with Crippen LogP contribution in [0.1, 0.15) is 36.6 Å². The number of piperazine rings is 1. The van der Waals surface area contributed by atoms with Crippen molar-refractivity contribution < 1.29 is 4.79 Å². The van der Waals surface area contributed by atoms with Crippen molar-refractivity contribution in [2.24, 2.45) is 16.5 Å². The number of fused-ring (bicyclic) bond motifs is 2. The number of carbonyl (C=O) groups is 1. The van der Waals surface area contributed by atoms with Crippen molar-refractivity contribution in [1.29, 1.82) is 0 Å². The van der Waals surface area contributed by atoms with Gasteiger partial charge in [0.2, 0.25) is 5.91 Å². The van der Waals surface area contributed by atoms with Gasteiger partial charge in [-0.25, -0.2) is 0 Å². The first-order chi connectivity index (χ1) is 20.3. The second-order valence-electron chi connectivity index (χ2n) is 11.7. The number of hydrogen-bond acceptors (Lipinski definition) is 4. The fraction of sp³-hybridized carbons (Fsp3) is 0.412. The monoisotopic (exact) mass is 567 g/mol. The second kappa shape index (κ2) is 13.4. The highest BCUT2D eigenvalue weighted by molar-refractivity contribution is 5.85. The summed E-state index contributed by atoms with van der Waals surface area (Å²) in [6, 6.07) is 22.9. The molecule has 1 aromatic heterocycles. The van der Waals surface area contributed by atoms with E-state index >= 15 is 0 Å². The van der Waals surface area contributed by atoms with Crippen molar-refractivity contribution in [1.82, 2.24) is 20.1 Å². The number of aromatic nitrogens is 1. The van der Waals surface area contributed by atoms with Gasteiger partial charge in [0, 0.05) is 61.9 Å². The molecule has 2 heterocycles. The Hall–Kier alpha value is -3.88. The molecule has 0 saturated carbocycles. The minimum atomic E-state index is -0.581. The van der Waals surface area contributed by atoms with Crippen molar-refractivity contribution in [2.45, 2.75) is 57.7 Å². The fourth-order valence-electron chi connectivity index (χ4n) is 6.39. The van der Waals surface area contributed by atoms with E-state index in [1.54, 1.807) is 7.05 Å². The molecule has 222 valence electrons. The van der Waals surface area contributed by atoms with E-state index in [1.165, 1.54) is 32.9 Å². The van der Waals surface area contributed by atoms with Crippen LogP contribution in [0.25, 0.3) is 21.7 Å². The first-order valence-electron chi connectivity index (χ1n) is 15.1. The highest BCUT2D eigenvalue weighted by Gasteiger charge is 2.36. The Bertz CT molecular complexity index is 1540. The molecule has 6 N–H and O–H groups in total. The predicted octanol–water partition coefficient (Wildman–Crippen LogP) is 3.96. The zero-order valence-electron chi connectivity index (χ0n) is 25.1. The van der Waals surface area contributed by atoms with E-state index < -0.39 is 6.04 Å². The van der Waals surface area contributed by atoms with E-state index in [4.69, 9.17) is 11.5 Å². The van der Waals surface area contributed by atoms with Gasteiger partial charge in [0.15, 0.2) is 5.96 Å². The summed E-state index contributed by atoms with van der Waals surface area (Å²) in [5.74, 6) is 0.475. The third kappa shape index (κ3) is 6.77. The molecule has 3 atom stereocenters. The van der Waals surface area contributed by atoms with Gasteiger partial charge >= 0.3 is 0 Å². The van der Waals surface area contributed by atoms with Gasteiger partial charge < -0.3 is 26.7 Å². The molecule has 0 spiro atoms. The van der Waals surface area contributed by atoms with Crippen molar-refractivity contribution >= 4 is 33.5 Å². The van der Waals surface area contributed by atoms with E-state index in [9.17, 15) is 4.79 Å². The number of aromatic amines is 1. The third-order valence-corrected chi connectivity index (χ3v) is 8.78. The highest BCUT2D eigenvalue weighted by atomic mass is 16.2. The molecule has 4 aromatic rings. The summed E-state index contributed by atoms with van der Waals surface area (Å²) in [7, 11) is 1.68. The van der Waals surface area contributed by atoms with Crippen LogP contribution >= 0.6 is 0 Å². The van der Waals surface area contributed by atoms with Crippen molar-refractivity contribution in [2.75, 3.05) is 33.2 Å². The zero-order chi connectivity index (χ0) is 29.6. The average Bonchev–Trinajstić information content (AvgIpc) is 3.32. The fourth-order valence-corrected chi connectivity index (χ4v) is 6.39. The van der Waals surface area contributed by atoms with Gasteiger partial charge in [0.1, 0.15) is 0 Å². The summed E-state index contributed by atoms with van der Waals surface area (Å²) in [5.41, 5.74) is 17.3. The lowest BCUT2D eigenvalue weighted by Gasteiger charge is -2.46. The van der Waals surface area contributed by atoms with Gasteiger partial charge in [-0.15, -0.1) is 0 Å². The van der Waals surface area contributed by atoms with E-state index in [0.717, 1.165) is 44.5 Å². The summed E-state index contributed by atoms with van der Waals surface area (Å²) in [5, 5.41) is 6.82. The molecule has 1 aliphatic rings. The SMILES string of the molecule is CN=C(N)NCCC[C@H]1CN(CCc2c(C)[nH]c3ccccc23)[C@H](C)CN1C(=O)[C@H](N)Cc1ccc2ccccc2c1. The first kappa shape index (κ1) is 29.6. The van der Waals surface area contributed by atoms with Crippen LogP contribution in [0, 0.1) is 6.92 Å². The molecule has 0 bridgehead atoms. The topological polar surface area (TPSA) is 116 Å². The Morgan fingerprint density at radius 2 is 1.86 bits per heavy atom. The minimum Gasteiger partial charge on any atom is -0.370 e. The number of nitrogens with one attached hydrogen (secondary N) is 2. The van der Waals surface area contributed by atoms with Crippen LogP contribution in [0.2, 0.25) is 0 Å². The van der Waals surface area contributed by atoms with Crippen LogP contribution < -0.4 is 16.8 Å². The van der Waals surface area contributed by atoms with Crippen molar-refractivity contribution in [3.05, 3.63) is 83.6 Å². The van der Waals surface area contributed by atoms with Crippen LogP contribution in [-0.4, -0.2) is 78.0 Å². The normalized spacial score (nSPS) is 19.0. The number of nitrogens with zero attached hydrogens (tertiary/aromatic N) is 3. The predicted molar refractivity (Wildman–Crippen MR) is 174 cm³/mol. The maximum atomic E-state index is 13.9. The summed E-state index contributed by atoms with van der Waals surface area (Å²) in [6.45, 7) is 7.55. The molecule has 3 aromatic carbocycles. The molecule has 0 unspecified atom stereocenters. The van der Waals surface area contributed by atoms with Crippen LogP contribution in [-0.2, 0) is 17.6 Å². The lowest BCUT2D eigenvalue weighted by molar-refractivity contribution is -0.139. The number of para-hydroxylation sites is 1. The molecule has 1 amide bonds. The average molecular weight is 568 g/mol.